The Hall–Kier alpha value is -2.12. The Bertz CT molecular complexity index is 733. The number of benzene rings is 1. The maximum Gasteiger partial charge on any atom is 0.226 e. The van der Waals surface area contributed by atoms with Crippen molar-refractivity contribution in [1.82, 2.24) is 4.98 Å². The second-order valence-electron chi connectivity index (χ2n) is 5.20. The van der Waals surface area contributed by atoms with Crippen molar-refractivity contribution in [3.05, 3.63) is 39.9 Å². The summed E-state index contributed by atoms with van der Waals surface area (Å²) in [6.45, 7) is 2.35. The topological polar surface area (TPSA) is 94.3 Å². The first-order valence-corrected chi connectivity index (χ1v) is 8.61. The zero-order valence-electron chi connectivity index (χ0n) is 13.2. The number of nitrogens with two attached hydrogens (primary N) is 1. The highest BCUT2D eigenvalue weighted by atomic mass is 35.5. The number of nitrogens with one attached hydrogen (secondary N) is 1. The summed E-state index contributed by atoms with van der Waals surface area (Å²) in [7, 11) is 0. The maximum atomic E-state index is 11.9. The number of primary amides is 1. The SMILES string of the molecule is Cc1cc(Cl)ccc1OCCCC(=O)Nc1nc(CC(N)=O)cs1. The number of carbonyl (C=O) groups is 2. The predicted molar refractivity (Wildman–Crippen MR) is 94.6 cm³/mol. The molecule has 1 aromatic carbocycles. The fraction of sp³-hybridized carbons (Fsp3) is 0.312. The van der Waals surface area contributed by atoms with Crippen molar-refractivity contribution in [3.63, 3.8) is 0 Å². The number of aryl methyl sites for hydroxylation is 1. The van der Waals surface area contributed by atoms with Crippen LogP contribution >= 0.6 is 22.9 Å². The van der Waals surface area contributed by atoms with Crippen LogP contribution in [0.5, 0.6) is 5.75 Å². The van der Waals surface area contributed by atoms with Crippen molar-refractivity contribution < 1.29 is 14.3 Å². The number of aromatic nitrogens is 1. The van der Waals surface area contributed by atoms with E-state index in [1.165, 1.54) is 11.3 Å². The molecular weight excluding hydrogens is 350 g/mol. The van der Waals surface area contributed by atoms with Gasteiger partial charge in [0.05, 0.1) is 18.7 Å². The maximum absolute atomic E-state index is 11.9. The number of nitrogens with zero attached hydrogens (tertiary/aromatic N) is 1. The van der Waals surface area contributed by atoms with Gasteiger partial charge in [-0.15, -0.1) is 11.3 Å². The number of halogens is 1. The summed E-state index contributed by atoms with van der Waals surface area (Å²) >= 11 is 7.15. The largest absolute Gasteiger partial charge is 0.493 e. The molecule has 0 bridgehead atoms. The Morgan fingerprint density at radius 2 is 2.21 bits per heavy atom. The molecule has 2 aromatic rings. The lowest BCUT2D eigenvalue weighted by Gasteiger charge is -2.09. The average Bonchev–Trinajstić information content (AvgIpc) is 2.91. The molecule has 1 heterocycles. The summed E-state index contributed by atoms with van der Waals surface area (Å²) in [5.41, 5.74) is 6.61. The van der Waals surface area contributed by atoms with Gasteiger partial charge in [0, 0.05) is 16.8 Å². The van der Waals surface area contributed by atoms with E-state index < -0.39 is 5.91 Å². The first kappa shape index (κ1) is 18.2. The quantitative estimate of drug-likeness (QED) is 0.701. The van der Waals surface area contributed by atoms with E-state index in [0.717, 1.165) is 11.3 Å². The van der Waals surface area contributed by atoms with Crippen LogP contribution in [-0.2, 0) is 16.0 Å². The Kier molecular flexibility index (Phi) is 6.57. The van der Waals surface area contributed by atoms with Gasteiger partial charge >= 0.3 is 0 Å². The molecule has 0 saturated carbocycles. The molecule has 2 amide bonds. The molecule has 0 radical (unpaired) electrons. The predicted octanol–water partition coefficient (Wildman–Crippen LogP) is 2.93. The minimum atomic E-state index is -0.451. The highest BCUT2D eigenvalue weighted by molar-refractivity contribution is 7.13. The summed E-state index contributed by atoms with van der Waals surface area (Å²) in [5.74, 6) is 0.162. The molecule has 8 heteroatoms. The Morgan fingerprint density at radius 3 is 2.92 bits per heavy atom. The van der Waals surface area contributed by atoms with Crippen LogP contribution in [0.25, 0.3) is 0 Å². The third kappa shape index (κ3) is 5.82. The number of rotatable bonds is 8. The summed E-state index contributed by atoms with van der Waals surface area (Å²) in [6.07, 6.45) is 0.964. The molecular formula is C16H18ClN3O3S. The summed E-state index contributed by atoms with van der Waals surface area (Å²) in [5, 5.41) is 5.53. The van der Waals surface area contributed by atoms with E-state index in [1.807, 2.05) is 19.1 Å². The van der Waals surface area contributed by atoms with Gasteiger partial charge in [-0.1, -0.05) is 11.6 Å². The van der Waals surface area contributed by atoms with Crippen LogP contribution in [-0.4, -0.2) is 23.4 Å². The lowest BCUT2D eigenvalue weighted by atomic mass is 10.2. The van der Waals surface area contributed by atoms with Crippen molar-refractivity contribution in [2.24, 2.45) is 5.73 Å². The molecule has 128 valence electrons. The van der Waals surface area contributed by atoms with Crippen LogP contribution in [0.2, 0.25) is 5.02 Å². The standard InChI is InChI=1S/C16H18ClN3O3S/c1-10-7-11(17)4-5-13(10)23-6-2-3-15(22)20-16-19-12(9-24-16)8-14(18)21/h4-5,7,9H,2-3,6,8H2,1H3,(H2,18,21)(H,19,20,22). The number of amides is 2. The van der Waals surface area contributed by atoms with E-state index in [2.05, 4.69) is 10.3 Å². The number of hydrogen-bond acceptors (Lipinski definition) is 5. The molecule has 0 fully saturated rings. The molecule has 0 unspecified atom stereocenters. The number of thiazole rings is 1. The smallest absolute Gasteiger partial charge is 0.226 e. The van der Waals surface area contributed by atoms with E-state index in [4.69, 9.17) is 22.1 Å². The minimum Gasteiger partial charge on any atom is -0.493 e. The number of hydrogen-bond donors (Lipinski definition) is 2. The molecule has 3 N–H and O–H groups in total. The molecule has 0 atom stereocenters. The van der Waals surface area contributed by atoms with Gasteiger partial charge in [-0.25, -0.2) is 4.98 Å². The van der Waals surface area contributed by atoms with Crippen molar-refractivity contribution >= 4 is 39.9 Å². The van der Waals surface area contributed by atoms with Gasteiger partial charge < -0.3 is 15.8 Å². The molecule has 1 aromatic heterocycles. The van der Waals surface area contributed by atoms with E-state index in [-0.39, 0.29) is 12.3 Å². The van der Waals surface area contributed by atoms with Gasteiger partial charge in [0.15, 0.2) is 5.13 Å². The Balaban J connectivity index is 1.71. The Labute approximate surface area is 149 Å². The van der Waals surface area contributed by atoms with E-state index in [9.17, 15) is 9.59 Å². The first-order valence-electron chi connectivity index (χ1n) is 7.35. The second kappa shape index (κ2) is 8.65. The van der Waals surface area contributed by atoms with E-state index in [0.29, 0.717) is 35.3 Å². The van der Waals surface area contributed by atoms with Crippen LogP contribution in [0, 0.1) is 6.92 Å². The zero-order chi connectivity index (χ0) is 17.5. The van der Waals surface area contributed by atoms with Crippen molar-refractivity contribution in [2.75, 3.05) is 11.9 Å². The molecule has 0 saturated heterocycles. The number of anilines is 1. The molecule has 0 aliphatic heterocycles. The zero-order valence-corrected chi connectivity index (χ0v) is 14.7. The average molecular weight is 368 g/mol. The van der Waals surface area contributed by atoms with Gasteiger partial charge in [0.1, 0.15) is 5.75 Å². The first-order chi connectivity index (χ1) is 11.4. The van der Waals surface area contributed by atoms with E-state index >= 15 is 0 Å². The lowest BCUT2D eigenvalue weighted by molar-refractivity contribution is -0.117. The van der Waals surface area contributed by atoms with Crippen molar-refractivity contribution in [1.29, 1.82) is 0 Å². The summed E-state index contributed by atoms with van der Waals surface area (Å²) < 4.78 is 5.64. The van der Waals surface area contributed by atoms with E-state index in [1.54, 1.807) is 11.4 Å². The summed E-state index contributed by atoms with van der Waals surface area (Å²) in [4.78, 5) is 26.8. The fourth-order valence-corrected chi connectivity index (χ4v) is 2.95. The highest BCUT2D eigenvalue weighted by Crippen LogP contribution is 2.22. The van der Waals surface area contributed by atoms with Crippen molar-refractivity contribution in [2.45, 2.75) is 26.2 Å². The number of ether oxygens (including phenoxy) is 1. The molecule has 24 heavy (non-hydrogen) atoms. The van der Waals surface area contributed by atoms with Gasteiger partial charge in [-0.3, -0.25) is 9.59 Å². The Morgan fingerprint density at radius 1 is 1.42 bits per heavy atom. The monoisotopic (exact) mass is 367 g/mol. The highest BCUT2D eigenvalue weighted by Gasteiger charge is 2.08. The lowest BCUT2D eigenvalue weighted by Crippen LogP contribution is -2.15. The van der Waals surface area contributed by atoms with Gasteiger partial charge in [-0.2, -0.15) is 0 Å². The third-order valence-corrected chi connectivity index (χ3v) is 4.14. The molecule has 0 spiro atoms. The summed E-state index contributed by atoms with van der Waals surface area (Å²) in [6, 6.07) is 5.41. The van der Waals surface area contributed by atoms with Gasteiger partial charge in [0.25, 0.3) is 0 Å². The van der Waals surface area contributed by atoms with Crippen LogP contribution in [0.15, 0.2) is 23.6 Å². The fourth-order valence-electron chi connectivity index (χ4n) is 2.00. The molecule has 0 aliphatic rings. The van der Waals surface area contributed by atoms with Crippen LogP contribution < -0.4 is 15.8 Å². The van der Waals surface area contributed by atoms with Gasteiger partial charge in [0.2, 0.25) is 11.8 Å². The van der Waals surface area contributed by atoms with Crippen molar-refractivity contribution in [3.8, 4) is 5.75 Å². The van der Waals surface area contributed by atoms with Crippen LogP contribution in [0.3, 0.4) is 0 Å². The van der Waals surface area contributed by atoms with Crippen LogP contribution in [0.4, 0.5) is 5.13 Å². The normalized spacial score (nSPS) is 10.4. The van der Waals surface area contributed by atoms with Gasteiger partial charge in [-0.05, 0) is 37.1 Å². The minimum absolute atomic E-state index is 0.0701. The van der Waals surface area contributed by atoms with Crippen LogP contribution in [0.1, 0.15) is 24.1 Å². The number of carbonyl (C=O) groups excluding carboxylic acids is 2. The molecule has 0 aliphatic carbocycles. The second-order valence-corrected chi connectivity index (χ2v) is 6.49. The molecule has 2 rings (SSSR count). The third-order valence-electron chi connectivity index (χ3n) is 3.10. The molecule has 6 nitrogen and oxygen atoms in total.